The molecule has 1 saturated carbocycles. The van der Waals surface area contributed by atoms with Gasteiger partial charge in [0.1, 0.15) is 11.5 Å². The van der Waals surface area contributed by atoms with Crippen LogP contribution in [0.3, 0.4) is 0 Å². The summed E-state index contributed by atoms with van der Waals surface area (Å²) in [6.07, 6.45) is 3.58. The van der Waals surface area contributed by atoms with Crippen LogP contribution in [-0.2, 0) is 22.3 Å². The molecule has 0 atom stereocenters. The molecule has 2 heterocycles. The molecular formula is C12H15N3O4S. The molecule has 0 amide bonds. The van der Waals surface area contributed by atoms with Gasteiger partial charge < -0.3 is 8.94 Å². The van der Waals surface area contributed by atoms with Gasteiger partial charge in [-0.25, -0.2) is 8.42 Å². The van der Waals surface area contributed by atoms with Gasteiger partial charge in [-0.2, -0.15) is 9.29 Å². The molecule has 0 saturated heterocycles. The molecule has 0 spiro atoms. The Labute approximate surface area is 116 Å². The van der Waals surface area contributed by atoms with Gasteiger partial charge >= 0.3 is 0 Å². The van der Waals surface area contributed by atoms with Crippen molar-refractivity contribution in [1.82, 2.24) is 14.4 Å². The molecule has 108 valence electrons. The molecule has 3 rings (SSSR count). The fourth-order valence-corrected chi connectivity index (χ4v) is 2.80. The molecule has 2 aromatic rings. The van der Waals surface area contributed by atoms with Crippen molar-refractivity contribution in [2.75, 3.05) is 7.05 Å². The van der Waals surface area contributed by atoms with Crippen molar-refractivity contribution in [2.24, 2.45) is 0 Å². The highest BCUT2D eigenvalue weighted by atomic mass is 32.2. The normalized spacial score (nSPS) is 15.9. The zero-order valence-electron chi connectivity index (χ0n) is 11.0. The molecule has 1 aliphatic rings. The van der Waals surface area contributed by atoms with E-state index in [1.807, 2.05) is 0 Å². The smallest absolute Gasteiger partial charge is 0.229 e. The van der Waals surface area contributed by atoms with Crippen LogP contribution in [-0.4, -0.2) is 29.9 Å². The van der Waals surface area contributed by atoms with Gasteiger partial charge in [-0.05, 0) is 25.0 Å². The third-order valence-corrected chi connectivity index (χ3v) is 4.86. The summed E-state index contributed by atoms with van der Waals surface area (Å²) in [6.45, 7) is 0.183. The van der Waals surface area contributed by atoms with Crippen molar-refractivity contribution in [3.8, 4) is 0 Å². The first-order valence-corrected chi connectivity index (χ1v) is 7.94. The molecule has 0 radical (unpaired) electrons. The molecule has 0 aliphatic heterocycles. The molecule has 2 aromatic heterocycles. The largest absolute Gasteiger partial charge is 0.468 e. The fraction of sp³-hybridized carbons (Fsp3) is 0.500. The molecule has 0 unspecified atom stereocenters. The van der Waals surface area contributed by atoms with E-state index in [1.54, 1.807) is 12.1 Å². The number of sulfonamides is 1. The molecule has 8 heteroatoms. The Bertz CT molecular complexity index is 673. The van der Waals surface area contributed by atoms with Gasteiger partial charge in [-0.15, -0.1) is 0 Å². The second kappa shape index (κ2) is 5.02. The lowest BCUT2D eigenvalue weighted by molar-refractivity contribution is 0.374. The van der Waals surface area contributed by atoms with Gasteiger partial charge in [0.25, 0.3) is 0 Å². The lowest BCUT2D eigenvalue weighted by atomic mass is 10.4. The summed E-state index contributed by atoms with van der Waals surface area (Å²) < 4.78 is 35.8. The van der Waals surface area contributed by atoms with Crippen LogP contribution in [0, 0.1) is 0 Å². The Kier molecular flexibility index (Phi) is 3.35. The molecule has 7 nitrogen and oxygen atoms in total. The topological polar surface area (TPSA) is 89.4 Å². The highest BCUT2D eigenvalue weighted by Crippen LogP contribution is 2.38. The number of aromatic nitrogens is 2. The van der Waals surface area contributed by atoms with Crippen LogP contribution in [0.4, 0.5) is 0 Å². The first kappa shape index (κ1) is 13.3. The third kappa shape index (κ3) is 2.91. The van der Waals surface area contributed by atoms with Gasteiger partial charge in [0.15, 0.2) is 5.82 Å². The maximum atomic E-state index is 12.2. The van der Waals surface area contributed by atoms with Crippen LogP contribution in [0.5, 0.6) is 0 Å². The molecule has 0 N–H and O–H groups in total. The quantitative estimate of drug-likeness (QED) is 0.802. The summed E-state index contributed by atoms with van der Waals surface area (Å²) in [5, 5.41) is 3.73. The summed E-state index contributed by atoms with van der Waals surface area (Å²) in [6, 6.07) is 3.45. The van der Waals surface area contributed by atoms with Crippen molar-refractivity contribution in [3.05, 3.63) is 35.9 Å². The molecular weight excluding hydrogens is 282 g/mol. The molecule has 1 aliphatic carbocycles. The van der Waals surface area contributed by atoms with E-state index in [0.717, 1.165) is 12.8 Å². The van der Waals surface area contributed by atoms with Crippen molar-refractivity contribution in [2.45, 2.75) is 31.1 Å². The van der Waals surface area contributed by atoms with E-state index in [0.29, 0.717) is 17.6 Å². The number of nitrogens with zero attached hydrogens (tertiary/aromatic N) is 3. The number of hydrogen-bond donors (Lipinski definition) is 0. The molecule has 0 bridgehead atoms. The minimum absolute atomic E-state index is 0.183. The average Bonchev–Trinajstić information content (AvgIpc) is 2.93. The van der Waals surface area contributed by atoms with Gasteiger partial charge in [0, 0.05) is 13.0 Å². The number of hydrogen-bond acceptors (Lipinski definition) is 6. The number of furan rings is 1. The Morgan fingerprint density at radius 2 is 2.25 bits per heavy atom. The van der Waals surface area contributed by atoms with E-state index in [4.69, 9.17) is 8.94 Å². The zero-order chi connectivity index (χ0) is 14.2. The first-order valence-electron chi connectivity index (χ1n) is 6.33. The summed E-state index contributed by atoms with van der Waals surface area (Å²) in [5.74, 6) is 1.39. The minimum Gasteiger partial charge on any atom is -0.468 e. The van der Waals surface area contributed by atoms with E-state index < -0.39 is 10.0 Å². The highest BCUT2D eigenvalue weighted by Gasteiger charge is 2.31. The molecule has 20 heavy (non-hydrogen) atoms. The molecule has 0 aromatic carbocycles. The number of rotatable bonds is 6. The van der Waals surface area contributed by atoms with Crippen LogP contribution < -0.4 is 0 Å². The van der Waals surface area contributed by atoms with Gasteiger partial charge in [-0.1, -0.05) is 5.16 Å². The second-order valence-electron chi connectivity index (χ2n) is 4.91. The van der Waals surface area contributed by atoms with Gasteiger partial charge in [0.2, 0.25) is 15.9 Å². The average molecular weight is 297 g/mol. The van der Waals surface area contributed by atoms with E-state index in [-0.39, 0.29) is 18.1 Å². The molecule has 1 fully saturated rings. The van der Waals surface area contributed by atoms with E-state index in [1.165, 1.54) is 17.6 Å². The maximum absolute atomic E-state index is 12.2. The van der Waals surface area contributed by atoms with E-state index >= 15 is 0 Å². The van der Waals surface area contributed by atoms with Crippen LogP contribution >= 0.6 is 0 Å². The Balaban J connectivity index is 1.67. The summed E-state index contributed by atoms with van der Waals surface area (Å²) in [5.41, 5.74) is 0. The minimum atomic E-state index is -3.49. The standard InChI is InChI=1S/C12H15N3O4S/c1-15(7-10-3-2-6-18-10)20(16,17)8-11-13-12(19-14-11)9-4-5-9/h2-3,6,9H,4-5,7-8H2,1H3. The van der Waals surface area contributed by atoms with E-state index in [9.17, 15) is 8.42 Å². The van der Waals surface area contributed by atoms with Crippen molar-refractivity contribution >= 4 is 10.0 Å². The first-order chi connectivity index (χ1) is 9.54. The monoisotopic (exact) mass is 297 g/mol. The summed E-state index contributed by atoms with van der Waals surface area (Å²) in [7, 11) is -1.99. The Morgan fingerprint density at radius 1 is 1.45 bits per heavy atom. The fourth-order valence-electron chi connectivity index (χ4n) is 1.82. The zero-order valence-corrected chi connectivity index (χ0v) is 11.8. The van der Waals surface area contributed by atoms with Gasteiger partial charge in [0.05, 0.1) is 12.8 Å². The van der Waals surface area contributed by atoms with Crippen LogP contribution in [0.15, 0.2) is 27.3 Å². The van der Waals surface area contributed by atoms with Crippen molar-refractivity contribution in [3.63, 3.8) is 0 Å². The maximum Gasteiger partial charge on any atom is 0.229 e. The lowest BCUT2D eigenvalue weighted by Gasteiger charge is -2.14. The van der Waals surface area contributed by atoms with Crippen LogP contribution in [0.2, 0.25) is 0 Å². The predicted molar refractivity (Wildman–Crippen MR) is 69.1 cm³/mol. The SMILES string of the molecule is CN(Cc1ccco1)S(=O)(=O)Cc1noc(C2CC2)n1. The Morgan fingerprint density at radius 3 is 2.90 bits per heavy atom. The second-order valence-corrected chi connectivity index (χ2v) is 6.99. The summed E-state index contributed by atoms with van der Waals surface area (Å²) in [4.78, 5) is 4.13. The van der Waals surface area contributed by atoms with Crippen LogP contribution in [0.25, 0.3) is 0 Å². The lowest BCUT2D eigenvalue weighted by Crippen LogP contribution is -2.28. The van der Waals surface area contributed by atoms with Crippen LogP contribution in [0.1, 0.15) is 36.2 Å². The van der Waals surface area contributed by atoms with Crippen molar-refractivity contribution < 1.29 is 17.4 Å². The predicted octanol–water partition coefficient (Wildman–Crippen LogP) is 1.50. The van der Waals surface area contributed by atoms with Gasteiger partial charge in [-0.3, -0.25) is 0 Å². The third-order valence-electron chi connectivity index (χ3n) is 3.16. The van der Waals surface area contributed by atoms with Crippen molar-refractivity contribution in [1.29, 1.82) is 0 Å². The highest BCUT2D eigenvalue weighted by molar-refractivity contribution is 7.88. The van der Waals surface area contributed by atoms with E-state index in [2.05, 4.69) is 10.1 Å². The Hall–Kier alpha value is -1.67. The summed E-state index contributed by atoms with van der Waals surface area (Å²) >= 11 is 0.